The second kappa shape index (κ2) is 7.52. The first-order chi connectivity index (χ1) is 14.0. The highest BCUT2D eigenvalue weighted by Gasteiger charge is 2.34. The molecule has 4 rings (SSSR count). The van der Waals surface area contributed by atoms with Crippen LogP contribution in [0.15, 0.2) is 89.6 Å². The van der Waals surface area contributed by atoms with E-state index >= 15 is 0 Å². The zero-order valence-corrected chi connectivity index (χ0v) is 15.6. The topological polar surface area (TPSA) is 75.8 Å². The third-order valence-corrected chi connectivity index (χ3v) is 4.64. The standard InChI is InChI=1S/C23H17N3O3/c1-16-12-13-19(26(28)29)15-21(16)25-22(18-10-6-3-7-11-18)24-20(23(25)27)14-17-8-4-2-5-9-17/h2-15H,1H3/b20-14+. The summed E-state index contributed by atoms with van der Waals surface area (Å²) in [6.07, 6.45) is 1.72. The van der Waals surface area contributed by atoms with Crippen LogP contribution in [-0.4, -0.2) is 16.7 Å². The van der Waals surface area contributed by atoms with Gasteiger partial charge in [-0.3, -0.25) is 19.8 Å². The van der Waals surface area contributed by atoms with E-state index in [1.807, 2.05) is 67.6 Å². The number of aliphatic imine (C=N–C) groups is 1. The van der Waals surface area contributed by atoms with E-state index in [9.17, 15) is 14.9 Å². The molecule has 29 heavy (non-hydrogen) atoms. The Labute approximate surface area is 167 Å². The molecule has 6 heteroatoms. The van der Waals surface area contributed by atoms with Crippen molar-refractivity contribution in [3.05, 3.63) is 111 Å². The summed E-state index contributed by atoms with van der Waals surface area (Å²) in [5.74, 6) is 0.123. The SMILES string of the molecule is Cc1ccc([N+](=O)[O-])cc1N1C(=O)/C(=C\c2ccccc2)N=C1c1ccccc1. The summed E-state index contributed by atoms with van der Waals surface area (Å²) in [7, 11) is 0. The molecule has 0 spiro atoms. The minimum absolute atomic E-state index is 0.0775. The Kier molecular flexibility index (Phi) is 4.75. The summed E-state index contributed by atoms with van der Waals surface area (Å²) in [5, 5.41) is 11.3. The molecule has 1 aliphatic rings. The summed E-state index contributed by atoms with van der Waals surface area (Å²) in [4.78, 5) is 30.2. The number of nitro groups is 1. The lowest BCUT2D eigenvalue weighted by Crippen LogP contribution is -2.33. The normalized spacial score (nSPS) is 14.9. The molecule has 6 nitrogen and oxygen atoms in total. The molecule has 0 aromatic heterocycles. The van der Waals surface area contributed by atoms with Crippen LogP contribution < -0.4 is 4.90 Å². The lowest BCUT2D eigenvalue weighted by molar-refractivity contribution is -0.384. The molecular weight excluding hydrogens is 366 g/mol. The van der Waals surface area contributed by atoms with Crippen molar-refractivity contribution in [3.8, 4) is 0 Å². The lowest BCUT2D eigenvalue weighted by Gasteiger charge is -2.20. The van der Waals surface area contributed by atoms with Crippen LogP contribution in [0.2, 0.25) is 0 Å². The zero-order valence-electron chi connectivity index (χ0n) is 15.6. The fraction of sp³-hybridized carbons (Fsp3) is 0.0435. The maximum atomic E-state index is 13.3. The number of amidine groups is 1. The van der Waals surface area contributed by atoms with Gasteiger partial charge in [-0.1, -0.05) is 66.7 Å². The largest absolute Gasteiger partial charge is 0.282 e. The van der Waals surface area contributed by atoms with Crippen LogP contribution in [0.25, 0.3) is 6.08 Å². The molecule has 0 saturated carbocycles. The summed E-state index contributed by atoms with van der Waals surface area (Å²) in [6, 6.07) is 23.2. The Bertz CT molecular complexity index is 1150. The summed E-state index contributed by atoms with van der Waals surface area (Å²) in [6.45, 7) is 1.81. The first-order valence-corrected chi connectivity index (χ1v) is 9.05. The van der Waals surface area contributed by atoms with Crippen molar-refractivity contribution < 1.29 is 9.72 Å². The van der Waals surface area contributed by atoms with Crippen LogP contribution in [0.5, 0.6) is 0 Å². The Hall–Kier alpha value is -4.06. The number of carbonyl (C=O) groups is 1. The number of benzene rings is 3. The molecular formula is C23H17N3O3. The third-order valence-electron chi connectivity index (χ3n) is 4.64. The minimum Gasteiger partial charge on any atom is -0.266 e. The van der Waals surface area contributed by atoms with E-state index in [1.165, 1.54) is 17.0 Å². The van der Waals surface area contributed by atoms with Gasteiger partial charge in [0.1, 0.15) is 11.5 Å². The van der Waals surface area contributed by atoms with Gasteiger partial charge in [-0.25, -0.2) is 4.99 Å². The van der Waals surface area contributed by atoms with Gasteiger partial charge in [-0.2, -0.15) is 0 Å². The Morgan fingerprint density at radius 3 is 2.28 bits per heavy atom. The van der Waals surface area contributed by atoms with E-state index in [-0.39, 0.29) is 17.3 Å². The molecule has 0 fully saturated rings. The van der Waals surface area contributed by atoms with Crippen LogP contribution in [0.4, 0.5) is 11.4 Å². The smallest absolute Gasteiger partial charge is 0.266 e. The fourth-order valence-corrected chi connectivity index (χ4v) is 3.18. The van der Waals surface area contributed by atoms with Gasteiger partial charge < -0.3 is 0 Å². The van der Waals surface area contributed by atoms with Crippen LogP contribution in [0, 0.1) is 17.0 Å². The van der Waals surface area contributed by atoms with Gasteiger partial charge in [0.25, 0.3) is 11.6 Å². The molecule has 3 aromatic carbocycles. The van der Waals surface area contributed by atoms with Gasteiger partial charge in [-0.05, 0) is 24.1 Å². The molecule has 0 radical (unpaired) electrons. The highest BCUT2D eigenvalue weighted by Crippen LogP contribution is 2.32. The first-order valence-electron chi connectivity index (χ1n) is 9.05. The van der Waals surface area contributed by atoms with E-state index in [2.05, 4.69) is 4.99 Å². The molecule has 1 aliphatic heterocycles. The number of aryl methyl sites for hydroxylation is 1. The van der Waals surface area contributed by atoms with E-state index in [1.54, 1.807) is 12.1 Å². The summed E-state index contributed by atoms with van der Waals surface area (Å²) < 4.78 is 0. The van der Waals surface area contributed by atoms with Gasteiger partial charge in [0.05, 0.1) is 10.6 Å². The average Bonchev–Trinajstić information content (AvgIpc) is 3.05. The number of anilines is 1. The van der Waals surface area contributed by atoms with Crippen molar-refractivity contribution in [2.24, 2.45) is 4.99 Å². The van der Waals surface area contributed by atoms with Crippen molar-refractivity contribution in [2.45, 2.75) is 6.92 Å². The number of nitrogens with zero attached hydrogens (tertiary/aromatic N) is 3. The van der Waals surface area contributed by atoms with E-state index < -0.39 is 4.92 Å². The number of carbonyl (C=O) groups excluding carboxylic acids is 1. The highest BCUT2D eigenvalue weighted by molar-refractivity contribution is 6.33. The maximum Gasteiger partial charge on any atom is 0.282 e. The average molecular weight is 383 g/mol. The van der Waals surface area contributed by atoms with Gasteiger partial charge in [0.2, 0.25) is 0 Å². The number of rotatable bonds is 4. The van der Waals surface area contributed by atoms with E-state index in [0.29, 0.717) is 11.5 Å². The second-order valence-corrected chi connectivity index (χ2v) is 6.61. The molecule has 0 aliphatic carbocycles. The fourth-order valence-electron chi connectivity index (χ4n) is 3.18. The zero-order chi connectivity index (χ0) is 20.4. The first kappa shape index (κ1) is 18.3. The van der Waals surface area contributed by atoms with Crippen LogP contribution in [0.1, 0.15) is 16.7 Å². The quantitative estimate of drug-likeness (QED) is 0.371. The molecule has 3 aromatic rings. The van der Waals surface area contributed by atoms with Crippen LogP contribution in [0.3, 0.4) is 0 Å². The molecule has 0 unspecified atom stereocenters. The Balaban J connectivity index is 1.87. The maximum absolute atomic E-state index is 13.3. The van der Waals surface area contributed by atoms with Crippen molar-refractivity contribution in [1.82, 2.24) is 0 Å². The molecule has 0 bridgehead atoms. The monoisotopic (exact) mass is 383 g/mol. The molecule has 1 amide bonds. The lowest BCUT2D eigenvalue weighted by atomic mass is 10.1. The Morgan fingerprint density at radius 2 is 1.62 bits per heavy atom. The minimum atomic E-state index is -0.469. The van der Waals surface area contributed by atoms with Crippen molar-refractivity contribution >= 4 is 29.2 Å². The van der Waals surface area contributed by atoms with Gasteiger partial charge in [0.15, 0.2) is 0 Å². The number of amides is 1. The van der Waals surface area contributed by atoms with Crippen LogP contribution >= 0.6 is 0 Å². The van der Waals surface area contributed by atoms with Crippen LogP contribution in [-0.2, 0) is 4.79 Å². The molecule has 0 atom stereocenters. The Morgan fingerprint density at radius 1 is 0.966 bits per heavy atom. The number of non-ortho nitro benzene ring substituents is 1. The molecule has 142 valence electrons. The van der Waals surface area contributed by atoms with Crippen molar-refractivity contribution in [2.75, 3.05) is 4.90 Å². The predicted octanol–water partition coefficient (Wildman–Crippen LogP) is 4.74. The summed E-state index contributed by atoms with van der Waals surface area (Å²) >= 11 is 0. The van der Waals surface area contributed by atoms with Gasteiger partial charge >= 0.3 is 0 Å². The second-order valence-electron chi connectivity index (χ2n) is 6.61. The third kappa shape index (κ3) is 3.55. The van der Waals surface area contributed by atoms with E-state index in [0.717, 1.165) is 16.7 Å². The molecule has 1 heterocycles. The summed E-state index contributed by atoms with van der Waals surface area (Å²) in [5.41, 5.74) is 3.00. The van der Waals surface area contributed by atoms with Crippen molar-refractivity contribution in [1.29, 1.82) is 0 Å². The number of hydrogen-bond acceptors (Lipinski definition) is 4. The van der Waals surface area contributed by atoms with E-state index in [4.69, 9.17) is 0 Å². The number of hydrogen-bond donors (Lipinski definition) is 0. The number of nitro benzene ring substituents is 1. The predicted molar refractivity (Wildman–Crippen MR) is 113 cm³/mol. The molecule has 0 N–H and O–H groups in total. The highest BCUT2D eigenvalue weighted by atomic mass is 16.6. The van der Waals surface area contributed by atoms with Gasteiger partial charge in [0, 0.05) is 17.7 Å². The van der Waals surface area contributed by atoms with Gasteiger partial charge in [-0.15, -0.1) is 0 Å². The molecule has 0 saturated heterocycles. The van der Waals surface area contributed by atoms with Crippen molar-refractivity contribution in [3.63, 3.8) is 0 Å².